The van der Waals surface area contributed by atoms with Crippen LogP contribution in [0, 0.1) is 0 Å². The lowest BCUT2D eigenvalue weighted by molar-refractivity contribution is -0.141. The highest BCUT2D eigenvalue weighted by atomic mass is 16.5. The average Bonchev–Trinajstić information content (AvgIpc) is 2.16. The van der Waals surface area contributed by atoms with Gasteiger partial charge in [-0.05, 0) is 12.8 Å². The van der Waals surface area contributed by atoms with Gasteiger partial charge >= 0.3 is 5.97 Å². The Morgan fingerprint density at radius 3 is 2.38 bits per heavy atom. The normalized spacial score (nSPS) is 10.0. The van der Waals surface area contributed by atoms with E-state index in [1.807, 2.05) is 0 Å². The Bertz CT molecular complexity index is 125. The van der Waals surface area contributed by atoms with Crippen molar-refractivity contribution in [2.24, 2.45) is 0 Å². The Balaban J connectivity index is 2.95. The summed E-state index contributed by atoms with van der Waals surface area (Å²) in [6.45, 7) is 2.02. The highest BCUT2D eigenvalue weighted by molar-refractivity contribution is 5.68. The Morgan fingerprint density at radius 1 is 1.08 bits per heavy atom. The maximum absolute atomic E-state index is 10.6. The van der Waals surface area contributed by atoms with Crippen LogP contribution in [-0.4, -0.2) is 40.0 Å². The number of carbonyl (C=O) groups is 1. The molecule has 13 heavy (non-hydrogen) atoms. The highest BCUT2D eigenvalue weighted by Crippen LogP contribution is 1.93. The number of methoxy groups -OCH3 is 2. The minimum atomic E-state index is -0.180. The Kier molecular flexibility index (Phi) is 9.03. The van der Waals surface area contributed by atoms with E-state index in [1.54, 1.807) is 7.11 Å². The van der Waals surface area contributed by atoms with Gasteiger partial charge in [-0.3, -0.25) is 4.79 Å². The molecule has 0 saturated heterocycles. The smallest absolute Gasteiger partial charge is 0.305 e. The third-order valence-electron chi connectivity index (χ3n) is 1.53. The summed E-state index contributed by atoms with van der Waals surface area (Å²) < 4.78 is 14.6. The van der Waals surface area contributed by atoms with Gasteiger partial charge in [0.25, 0.3) is 0 Å². The molecule has 0 fully saturated rings. The third kappa shape index (κ3) is 9.30. The standard InChI is InChI=1S/C9H18O4/c1-11-6-4-8-13-7-3-5-9(10)12-2/h3-8H2,1-2H3. The van der Waals surface area contributed by atoms with Crippen LogP contribution in [0.15, 0.2) is 0 Å². The zero-order valence-corrected chi connectivity index (χ0v) is 8.38. The van der Waals surface area contributed by atoms with E-state index in [0.29, 0.717) is 19.6 Å². The quantitative estimate of drug-likeness (QED) is 0.423. The van der Waals surface area contributed by atoms with E-state index in [0.717, 1.165) is 19.4 Å². The zero-order chi connectivity index (χ0) is 9.94. The van der Waals surface area contributed by atoms with Gasteiger partial charge in [-0.2, -0.15) is 0 Å². The summed E-state index contributed by atoms with van der Waals surface area (Å²) in [5.41, 5.74) is 0. The zero-order valence-electron chi connectivity index (χ0n) is 8.38. The first-order chi connectivity index (χ1) is 6.31. The number of rotatable bonds is 8. The molecule has 0 bridgehead atoms. The van der Waals surface area contributed by atoms with Gasteiger partial charge in [-0.15, -0.1) is 0 Å². The van der Waals surface area contributed by atoms with Gasteiger partial charge in [-0.1, -0.05) is 0 Å². The molecule has 0 aromatic carbocycles. The Morgan fingerprint density at radius 2 is 1.77 bits per heavy atom. The molecule has 78 valence electrons. The van der Waals surface area contributed by atoms with Crippen molar-refractivity contribution >= 4 is 5.97 Å². The molecule has 0 radical (unpaired) electrons. The second kappa shape index (κ2) is 9.48. The number of hydrogen-bond donors (Lipinski definition) is 0. The van der Waals surface area contributed by atoms with E-state index >= 15 is 0 Å². The lowest BCUT2D eigenvalue weighted by Crippen LogP contribution is -2.04. The van der Waals surface area contributed by atoms with Crippen LogP contribution in [0.4, 0.5) is 0 Å². The van der Waals surface area contributed by atoms with E-state index in [2.05, 4.69) is 4.74 Å². The monoisotopic (exact) mass is 190 g/mol. The molecule has 0 atom stereocenters. The van der Waals surface area contributed by atoms with Crippen LogP contribution in [0.25, 0.3) is 0 Å². The van der Waals surface area contributed by atoms with Gasteiger partial charge in [-0.25, -0.2) is 0 Å². The van der Waals surface area contributed by atoms with Crippen molar-refractivity contribution < 1.29 is 19.0 Å². The predicted octanol–water partition coefficient (Wildman–Crippen LogP) is 0.993. The van der Waals surface area contributed by atoms with Gasteiger partial charge in [0.15, 0.2) is 0 Å². The minimum absolute atomic E-state index is 0.180. The van der Waals surface area contributed by atoms with Crippen LogP contribution in [0.1, 0.15) is 19.3 Å². The summed E-state index contributed by atoms with van der Waals surface area (Å²) in [5, 5.41) is 0. The first kappa shape index (κ1) is 12.4. The van der Waals surface area contributed by atoms with Gasteiger partial charge < -0.3 is 14.2 Å². The molecule has 0 unspecified atom stereocenters. The fourth-order valence-electron chi connectivity index (χ4n) is 0.828. The van der Waals surface area contributed by atoms with Crippen LogP contribution in [0.2, 0.25) is 0 Å². The molecule has 0 N–H and O–H groups in total. The SMILES string of the molecule is COCCCOCCCC(=O)OC. The number of carbonyl (C=O) groups excluding carboxylic acids is 1. The van der Waals surface area contributed by atoms with Crippen LogP contribution in [0.3, 0.4) is 0 Å². The van der Waals surface area contributed by atoms with Crippen LogP contribution < -0.4 is 0 Å². The summed E-state index contributed by atoms with van der Waals surface area (Å²) >= 11 is 0. The van der Waals surface area contributed by atoms with Crippen LogP contribution >= 0.6 is 0 Å². The molecule has 0 aliphatic carbocycles. The third-order valence-corrected chi connectivity index (χ3v) is 1.53. The summed E-state index contributed by atoms with van der Waals surface area (Å²) in [6, 6.07) is 0. The molecule has 0 rings (SSSR count). The predicted molar refractivity (Wildman–Crippen MR) is 48.6 cm³/mol. The molecule has 0 aromatic rings. The molecular weight excluding hydrogens is 172 g/mol. The van der Waals surface area contributed by atoms with Crippen molar-refractivity contribution in [1.29, 1.82) is 0 Å². The van der Waals surface area contributed by atoms with Crippen molar-refractivity contribution in [3.8, 4) is 0 Å². The van der Waals surface area contributed by atoms with Gasteiger partial charge in [0.2, 0.25) is 0 Å². The second-order valence-electron chi connectivity index (χ2n) is 2.64. The van der Waals surface area contributed by atoms with E-state index in [9.17, 15) is 4.79 Å². The summed E-state index contributed by atoms with van der Waals surface area (Å²) in [4.78, 5) is 10.6. The van der Waals surface area contributed by atoms with Crippen molar-refractivity contribution in [3.05, 3.63) is 0 Å². The van der Waals surface area contributed by atoms with Gasteiger partial charge in [0.05, 0.1) is 7.11 Å². The molecule has 0 heterocycles. The first-order valence-electron chi connectivity index (χ1n) is 4.44. The molecule has 0 saturated carbocycles. The number of esters is 1. The van der Waals surface area contributed by atoms with Crippen molar-refractivity contribution in [2.75, 3.05) is 34.0 Å². The molecule has 4 heteroatoms. The molecular formula is C9H18O4. The van der Waals surface area contributed by atoms with Crippen molar-refractivity contribution in [3.63, 3.8) is 0 Å². The topological polar surface area (TPSA) is 44.8 Å². The molecule has 4 nitrogen and oxygen atoms in total. The fourth-order valence-corrected chi connectivity index (χ4v) is 0.828. The lowest BCUT2D eigenvalue weighted by atomic mass is 10.3. The van der Waals surface area contributed by atoms with E-state index in [-0.39, 0.29) is 5.97 Å². The lowest BCUT2D eigenvalue weighted by Gasteiger charge is -2.02. The van der Waals surface area contributed by atoms with E-state index in [1.165, 1.54) is 7.11 Å². The number of ether oxygens (including phenoxy) is 3. The summed E-state index contributed by atoms with van der Waals surface area (Å²) in [7, 11) is 3.05. The Hall–Kier alpha value is -0.610. The fraction of sp³-hybridized carbons (Fsp3) is 0.889. The molecule has 0 aromatic heterocycles. The van der Waals surface area contributed by atoms with Crippen LogP contribution in [0.5, 0.6) is 0 Å². The average molecular weight is 190 g/mol. The maximum Gasteiger partial charge on any atom is 0.305 e. The molecule has 0 spiro atoms. The Labute approximate surface area is 79.2 Å². The molecule has 0 aliphatic heterocycles. The van der Waals surface area contributed by atoms with E-state index in [4.69, 9.17) is 9.47 Å². The summed E-state index contributed by atoms with van der Waals surface area (Å²) in [6.07, 6.45) is 2.05. The van der Waals surface area contributed by atoms with E-state index < -0.39 is 0 Å². The van der Waals surface area contributed by atoms with Crippen LogP contribution in [-0.2, 0) is 19.0 Å². The first-order valence-corrected chi connectivity index (χ1v) is 4.44. The minimum Gasteiger partial charge on any atom is -0.469 e. The molecule has 0 aliphatic rings. The second-order valence-corrected chi connectivity index (χ2v) is 2.64. The van der Waals surface area contributed by atoms with Gasteiger partial charge in [0, 0.05) is 33.4 Å². The van der Waals surface area contributed by atoms with Gasteiger partial charge in [0.1, 0.15) is 0 Å². The summed E-state index contributed by atoms with van der Waals surface area (Å²) in [5.74, 6) is -0.180. The van der Waals surface area contributed by atoms with Crippen molar-refractivity contribution in [1.82, 2.24) is 0 Å². The highest BCUT2D eigenvalue weighted by Gasteiger charge is 1.98. The maximum atomic E-state index is 10.6. The number of hydrogen-bond acceptors (Lipinski definition) is 4. The largest absolute Gasteiger partial charge is 0.469 e. The van der Waals surface area contributed by atoms with Crippen molar-refractivity contribution in [2.45, 2.75) is 19.3 Å². The molecule has 0 amide bonds.